The monoisotopic (exact) mass is 344 g/mol. The molecule has 4 nitrogen and oxygen atoms in total. The van der Waals surface area contributed by atoms with Crippen LogP contribution in [0.3, 0.4) is 0 Å². The van der Waals surface area contributed by atoms with Gasteiger partial charge in [-0.25, -0.2) is 9.97 Å². The fourth-order valence-corrected chi connectivity index (χ4v) is 3.77. The van der Waals surface area contributed by atoms with Crippen molar-refractivity contribution in [2.45, 2.75) is 38.3 Å². The van der Waals surface area contributed by atoms with E-state index in [1.807, 2.05) is 12.4 Å². The summed E-state index contributed by atoms with van der Waals surface area (Å²) in [7, 11) is 0. The molecule has 126 valence electrons. The third kappa shape index (κ3) is 3.92. The van der Waals surface area contributed by atoms with E-state index < -0.39 is 11.9 Å². The molecule has 0 aliphatic carbocycles. The summed E-state index contributed by atoms with van der Waals surface area (Å²) in [5.74, 6) is 0.499. The number of hydrogen-bond donors (Lipinski definition) is 1. The van der Waals surface area contributed by atoms with Crippen molar-refractivity contribution in [3.63, 3.8) is 0 Å². The third-order valence-electron chi connectivity index (χ3n) is 4.29. The highest BCUT2D eigenvalue weighted by atomic mass is 32.1. The predicted octanol–water partition coefficient (Wildman–Crippen LogP) is 3.62. The van der Waals surface area contributed by atoms with Gasteiger partial charge in [-0.1, -0.05) is 0 Å². The van der Waals surface area contributed by atoms with Crippen molar-refractivity contribution in [3.8, 4) is 0 Å². The van der Waals surface area contributed by atoms with E-state index in [-0.39, 0.29) is 5.92 Å². The van der Waals surface area contributed by atoms with E-state index in [4.69, 9.17) is 0 Å². The van der Waals surface area contributed by atoms with Gasteiger partial charge in [0.15, 0.2) is 0 Å². The average molecular weight is 344 g/mol. The summed E-state index contributed by atoms with van der Waals surface area (Å²) in [5, 5.41) is 0. The summed E-state index contributed by atoms with van der Waals surface area (Å²) in [5.41, 5.74) is 2.17. The van der Waals surface area contributed by atoms with Crippen LogP contribution >= 0.6 is 11.3 Å². The summed E-state index contributed by atoms with van der Waals surface area (Å²) < 4.78 is 38.0. The number of halogens is 3. The minimum Gasteiger partial charge on any atom is -0.338 e. The van der Waals surface area contributed by atoms with E-state index in [1.54, 1.807) is 11.3 Å². The second kappa shape index (κ2) is 6.60. The average Bonchev–Trinajstić information content (AvgIpc) is 3.14. The van der Waals surface area contributed by atoms with Gasteiger partial charge in [-0.3, -0.25) is 0 Å². The third-order valence-corrected chi connectivity index (χ3v) is 5.29. The van der Waals surface area contributed by atoms with Gasteiger partial charge >= 0.3 is 6.18 Å². The van der Waals surface area contributed by atoms with Crippen LogP contribution in [-0.2, 0) is 12.6 Å². The zero-order valence-electron chi connectivity index (χ0n) is 12.9. The van der Waals surface area contributed by atoms with E-state index >= 15 is 0 Å². The lowest BCUT2D eigenvalue weighted by Crippen LogP contribution is -2.36. The molecule has 1 aliphatic rings. The van der Waals surface area contributed by atoms with Crippen molar-refractivity contribution >= 4 is 11.3 Å². The van der Waals surface area contributed by atoms with Crippen LogP contribution in [0, 0.1) is 6.92 Å². The Morgan fingerprint density at radius 1 is 1.39 bits per heavy atom. The molecule has 0 aromatic carbocycles. The van der Waals surface area contributed by atoms with Gasteiger partial charge in [0.2, 0.25) is 0 Å². The fourth-order valence-electron chi connectivity index (χ4n) is 3.00. The molecular weight excluding hydrogens is 325 g/mol. The highest BCUT2D eigenvalue weighted by molar-refractivity contribution is 7.09. The molecule has 3 rings (SSSR count). The number of aromatic nitrogens is 3. The number of piperidine rings is 1. The smallest absolute Gasteiger partial charge is 0.338 e. The Balaban J connectivity index is 1.60. The normalized spacial score (nSPS) is 20.1. The van der Waals surface area contributed by atoms with Gasteiger partial charge in [0.05, 0.1) is 17.4 Å². The molecule has 1 atom stereocenters. The van der Waals surface area contributed by atoms with Gasteiger partial charge in [0.1, 0.15) is 11.5 Å². The van der Waals surface area contributed by atoms with Crippen molar-refractivity contribution in [2.24, 2.45) is 0 Å². The van der Waals surface area contributed by atoms with Crippen LogP contribution in [0.1, 0.15) is 40.8 Å². The number of H-pyrrole nitrogens is 1. The molecule has 0 saturated carbocycles. The van der Waals surface area contributed by atoms with Crippen LogP contribution in [0.25, 0.3) is 0 Å². The van der Waals surface area contributed by atoms with Crippen molar-refractivity contribution in [1.29, 1.82) is 0 Å². The molecule has 1 saturated heterocycles. The lowest BCUT2D eigenvalue weighted by atomic mass is 9.97. The summed E-state index contributed by atoms with van der Waals surface area (Å²) in [4.78, 5) is 14.2. The van der Waals surface area contributed by atoms with Crippen LogP contribution in [0.2, 0.25) is 0 Å². The van der Waals surface area contributed by atoms with E-state index in [9.17, 15) is 13.2 Å². The van der Waals surface area contributed by atoms with Crippen molar-refractivity contribution in [3.05, 3.63) is 33.8 Å². The zero-order chi connectivity index (χ0) is 16.4. The van der Waals surface area contributed by atoms with Gasteiger partial charge in [-0.2, -0.15) is 13.2 Å². The summed E-state index contributed by atoms with van der Waals surface area (Å²) in [6.45, 7) is 4.66. The molecule has 0 unspecified atom stereocenters. The van der Waals surface area contributed by atoms with E-state index in [0.717, 1.165) is 50.8 Å². The molecule has 3 heterocycles. The fraction of sp³-hybridized carbons (Fsp3) is 0.600. The number of aromatic amines is 1. The number of rotatable bonds is 4. The number of nitrogens with one attached hydrogen (secondary N) is 1. The van der Waals surface area contributed by atoms with Gasteiger partial charge < -0.3 is 9.88 Å². The van der Waals surface area contributed by atoms with Crippen LogP contribution in [-0.4, -0.2) is 39.5 Å². The molecule has 0 amide bonds. The number of imidazole rings is 1. The second-order valence-corrected chi connectivity index (χ2v) is 6.87. The van der Waals surface area contributed by atoms with E-state index in [0.29, 0.717) is 5.82 Å². The number of aryl methyl sites for hydroxylation is 1. The minimum absolute atomic E-state index is 0.0439. The topological polar surface area (TPSA) is 44.8 Å². The molecule has 8 heteroatoms. The quantitative estimate of drug-likeness (QED) is 0.921. The Morgan fingerprint density at radius 2 is 2.22 bits per heavy atom. The predicted molar refractivity (Wildman–Crippen MR) is 82.6 cm³/mol. The first-order valence-electron chi connectivity index (χ1n) is 7.67. The number of nitrogens with zero attached hydrogens (tertiary/aromatic N) is 3. The highest BCUT2D eigenvalue weighted by Gasteiger charge is 2.34. The Kier molecular flexibility index (Phi) is 4.72. The Morgan fingerprint density at radius 3 is 2.87 bits per heavy atom. The lowest BCUT2D eigenvalue weighted by molar-refractivity contribution is -0.141. The molecule has 2 aromatic rings. The van der Waals surface area contributed by atoms with Crippen LogP contribution in [0.15, 0.2) is 11.7 Å². The molecule has 0 radical (unpaired) electrons. The van der Waals surface area contributed by atoms with E-state index in [2.05, 4.69) is 19.9 Å². The standard InChI is InChI=1S/C15H19F3N4S/c1-10-12(23-9-20-10)4-6-22-5-2-3-11(8-22)14-19-7-13(21-14)15(16,17)18/h7,9,11H,2-6,8H2,1H3,(H,19,21)/t11-/m0/s1. The van der Waals surface area contributed by atoms with Gasteiger partial charge in [-0.15, -0.1) is 11.3 Å². The summed E-state index contributed by atoms with van der Waals surface area (Å²) in [6.07, 6.45) is -0.664. The van der Waals surface area contributed by atoms with Crippen LogP contribution in [0.4, 0.5) is 13.2 Å². The maximum atomic E-state index is 12.7. The zero-order valence-corrected chi connectivity index (χ0v) is 13.7. The van der Waals surface area contributed by atoms with E-state index in [1.165, 1.54) is 4.88 Å². The first-order chi connectivity index (χ1) is 10.9. The molecule has 1 N–H and O–H groups in total. The molecule has 1 aliphatic heterocycles. The SMILES string of the molecule is Cc1ncsc1CCN1CCC[C@H](c2ncc(C(F)(F)F)[nH]2)C1. The van der Waals surface area contributed by atoms with Crippen molar-refractivity contribution in [1.82, 2.24) is 19.9 Å². The molecule has 1 fully saturated rings. The minimum atomic E-state index is -4.36. The second-order valence-electron chi connectivity index (χ2n) is 5.93. The Labute approximate surface area is 136 Å². The van der Waals surface area contributed by atoms with Gasteiger partial charge in [0.25, 0.3) is 0 Å². The van der Waals surface area contributed by atoms with Gasteiger partial charge in [-0.05, 0) is 32.7 Å². The molecular formula is C15H19F3N4S. The molecule has 23 heavy (non-hydrogen) atoms. The van der Waals surface area contributed by atoms with Gasteiger partial charge in [0, 0.05) is 23.9 Å². The highest BCUT2D eigenvalue weighted by Crippen LogP contribution is 2.31. The number of hydrogen-bond acceptors (Lipinski definition) is 4. The van der Waals surface area contributed by atoms with Crippen molar-refractivity contribution < 1.29 is 13.2 Å². The maximum Gasteiger partial charge on any atom is 0.432 e. The number of alkyl halides is 3. The first kappa shape index (κ1) is 16.4. The lowest BCUT2D eigenvalue weighted by Gasteiger charge is -2.31. The Hall–Kier alpha value is -1.41. The summed E-state index contributed by atoms with van der Waals surface area (Å²) >= 11 is 1.66. The van der Waals surface area contributed by atoms with Crippen molar-refractivity contribution in [2.75, 3.05) is 19.6 Å². The first-order valence-corrected chi connectivity index (χ1v) is 8.55. The molecule has 0 bridgehead atoms. The Bertz CT molecular complexity index is 649. The largest absolute Gasteiger partial charge is 0.432 e. The molecule has 0 spiro atoms. The van der Waals surface area contributed by atoms with Crippen LogP contribution < -0.4 is 0 Å². The summed E-state index contributed by atoms with van der Waals surface area (Å²) in [6, 6.07) is 0. The number of thiazole rings is 1. The number of likely N-dealkylation sites (tertiary alicyclic amines) is 1. The maximum absolute atomic E-state index is 12.7. The molecule has 2 aromatic heterocycles. The van der Waals surface area contributed by atoms with Crippen LogP contribution in [0.5, 0.6) is 0 Å².